The topological polar surface area (TPSA) is 26.3 Å². The summed E-state index contributed by atoms with van der Waals surface area (Å²) in [6.07, 6.45) is 0. The summed E-state index contributed by atoms with van der Waals surface area (Å²) >= 11 is 5.83. The lowest BCUT2D eigenvalue weighted by molar-refractivity contribution is -0.116. The van der Waals surface area contributed by atoms with Gasteiger partial charge in [-0.25, -0.2) is 0 Å². The molecule has 5 heteroatoms. The van der Waals surface area contributed by atoms with E-state index in [-0.39, 0.29) is 11.5 Å². The zero-order valence-corrected chi connectivity index (χ0v) is 9.59. The van der Waals surface area contributed by atoms with E-state index in [1.54, 1.807) is 13.0 Å². The molecule has 0 bridgehead atoms. The van der Waals surface area contributed by atoms with Gasteiger partial charge in [0.25, 0.3) is 0 Å². The van der Waals surface area contributed by atoms with E-state index in [1.165, 1.54) is 19.1 Å². The van der Waals surface area contributed by atoms with E-state index >= 15 is 0 Å². The third-order valence-corrected chi connectivity index (χ3v) is 2.62. The lowest BCUT2D eigenvalue weighted by Crippen LogP contribution is -2.05. The first-order valence-electron chi connectivity index (χ1n) is 4.61. The minimum absolute atomic E-state index is 0.0890. The number of carbonyl (C=O) groups is 1. The molecule has 0 radical (unpaired) electrons. The van der Waals surface area contributed by atoms with Crippen molar-refractivity contribution in [3.8, 4) is 5.75 Å². The molecule has 0 saturated heterocycles. The highest BCUT2D eigenvalue weighted by molar-refractivity contribution is 6.30. The normalized spacial score (nSPS) is 12.6. The quantitative estimate of drug-likeness (QED) is 0.763. The van der Waals surface area contributed by atoms with Crippen LogP contribution in [-0.4, -0.2) is 12.4 Å². The van der Waals surface area contributed by atoms with Crippen LogP contribution in [0.4, 0.5) is 8.78 Å². The molecular weight excluding hydrogens is 238 g/mol. The van der Waals surface area contributed by atoms with Crippen LogP contribution in [0.15, 0.2) is 18.2 Å². The summed E-state index contributed by atoms with van der Waals surface area (Å²) in [6, 6.07) is 4.45. The minimum atomic E-state index is -2.86. The third-order valence-electron chi connectivity index (χ3n) is 2.06. The number of Topliss-reactive ketones (excluding diaryl/α,β-unsaturated/α-hetero) is 1. The van der Waals surface area contributed by atoms with Crippen molar-refractivity contribution >= 4 is 17.4 Å². The van der Waals surface area contributed by atoms with Gasteiger partial charge in [0.05, 0.1) is 0 Å². The fourth-order valence-electron chi connectivity index (χ4n) is 1.29. The number of hydrogen-bond acceptors (Lipinski definition) is 2. The van der Waals surface area contributed by atoms with Crippen LogP contribution in [0.5, 0.6) is 5.75 Å². The van der Waals surface area contributed by atoms with Crippen molar-refractivity contribution in [1.29, 1.82) is 0 Å². The highest BCUT2D eigenvalue weighted by atomic mass is 35.5. The molecule has 0 heterocycles. The Morgan fingerprint density at radius 1 is 1.44 bits per heavy atom. The van der Waals surface area contributed by atoms with E-state index in [2.05, 4.69) is 4.74 Å². The van der Waals surface area contributed by atoms with Gasteiger partial charge >= 0.3 is 6.61 Å². The standard InChI is InChI=1S/C11H11ClF2O2/c1-6-5-8(10(12)7(2)15)3-4-9(6)16-11(13)14/h3-5,10-11H,1-2H3. The van der Waals surface area contributed by atoms with E-state index in [0.717, 1.165) is 0 Å². The Labute approximate surface area is 97.2 Å². The lowest BCUT2D eigenvalue weighted by Gasteiger charge is -2.11. The zero-order valence-electron chi connectivity index (χ0n) is 8.84. The molecule has 0 amide bonds. The van der Waals surface area contributed by atoms with Gasteiger partial charge in [-0.05, 0) is 31.0 Å². The van der Waals surface area contributed by atoms with Crippen molar-refractivity contribution in [1.82, 2.24) is 0 Å². The molecule has 0 aliphatic carbocycles. The molecule has 1 aromatic carbocycles. The predicted molar refractivity (Wildman–Crippen MR) is 57.1 cm³/mol. The smallest absolute Gasteiger partial charge is 0.387 e. The van der Waals surface area contributed by atoms with Gasteiger partial charge in [-0.3, -0.25) is 4.79 Å². The van der Waals surface area contributed by atoms with Crippen molar-refractivity contribution < 1.29 is 18.3 Å². The Hall–Kier alpha value is -1.16. The monoisotopic (exact) mass is 248 g/mol. The SMILES string of the molecule is CC(=O)C(Cl)c1ccc(OC(F)F)c(C)c1. The molecule has 88 valence electrons. The Balaban J connectivity index is 2.95. The third kappa shape index (κ3) is 3.17. The maximum absolute atomic E-state index is 12.0. The second kappa shape index (κ2) is 5.25. The number of halogens is 3. The summed E-state index contributed by atoms with van der Waals surface area (Å²) in [4.78, 5) is 11.0. The Bertz CT molecular complexity index is 394. The fraction of sp³-hybridized carbons (Fsp3) is 0.364. The second-order valence-electron chi connectivity index (χ2n) is 3.38. The molecule has 1 aromatic rings. The molecule has 0 spiro atoms. The summed E-state index contributed by atoms with van der Waals surface area (Å²) in [7, 11) is 0. The van der Waals surface area contributed by atoms with Crippen LogP contribution in [0.2, 0.25) is 0 Å². The molecule has 1 atom stereocenters. The molecule has 0 N–H and O–H groups in total. The Morgan fingerprint density at radius 2 is 2.06 bits per heavy atom. The van der Waals surface area contributed by atoms with E-state index in [1.807, 2.05) is 0 Å². The number of rotatable bonds is 4. The minimum Gasteiger partial charge on any atom is -0.435 e. The molecule has 0 saturated carbocycles. The molecule has 2 nitrogen and oxygen atoms in total. The van der Waals surface area contributed by atoms with Gasteiger partial charge in [0.15, 0.2) is 5.78 Å². The zero-order chi connectivity index (χ0) is 12.3. The summed E-state index contributed by atoms with van der Waals surface area (Å²) in [5, 5.41) is -0.751. The molecule has 0 aliphatic heterocycles. The number of ketones is 1. The van der Waals surface area contributed by atoms with Crippen molar-refractivity contribution in [2.24, 2.45) is 0 Å². The first-order chi connectivity index (χ1) is 7.41. The predicted octanol–water partition coefficient (Wildman–Crippen LogP) is 3.47. The maximum atomic E-state index is 12.0. The van der Waals surface area contributed by atoms with Crippen LogP contribution in [0.25, 0.3) is 0 Å². The molecule has 1 rings (SSSR count). The lowest BCUT2D eigenvalue weighted by atomic mass is 10.1. The van der Waals surface area contributed by atoms with Crippen LogP contribution < -0.4 is 4.74 Å². The summed E-state index contributed by atoms with van der Waals surface area (Å²) < 4.78 is 28.2. The highest BCUT2D eigenvalue weighted by Gasteiger charge is 2.15. The van der Waals surface area contributed by atoms with Crippen molar-refractivity contribution in [3.63, 3.8) is 0 Å². The van der Waals surface area contributed by atoms with Gasteiger partial charge < -0.3 is 4.74 Å². The summed E-state index contributed by atoms with van der Waals surface area (Å²) in [5.74, 6) is -0.102. The van der Waals surface area contributed by atoms with Crippen LogP contribution in [0, 0.1) is 6.92 Å². The molecular formula is C11H11ClF2O2. The van der Waals surface area contributed by atoms with Gasteiger partial charge in [-0.2, -0.15) is 8.78 Å². The van der Waals surface area contributed by atoms with Crippen LogP contribution >= 0.6 is 11.6 Å². The molecule has 1 unspecified atom stereocenters. The fourth-order valence-corrected chi connectivity index (χ4v) is 1.43. The second-order valence-corrected chi connectivity index (χ2v) is 3.81. The van der Waals surface area contributed by atoms with Gasteiger partial charge in [0.1, 0.15) is 11.1 Å². The first-order valence-corrected chi connectivity index (χ1v) is 5.05. The summed E-state index contributed by atoms with van der Waals surface area (Å²) in [6.45, 7) is 0.130. The van der Waals surface area contributed by atoms with Gasteiger partial charge in [0, 0.05) is 0 Å². The van der Waals surface area contributed by atoms with Crippen molar-refractivity contribution in [2.45, 2.75) is 25.8 Å². The van der Waals surface area contributed by atoms with E-state index in [9.17, 15) is 13.6 Å². The number of ether oxygens (including phenoxy) is 1. The largest absolute Gasteiger partial charge is 0.435 e. The summed E-state index contributed by atoms with van der Waals surface area (Å²) in [5.41, 5.74) is 1.10. The molecule has 0 aromatic heterocycles. The van der Waals surface area contributed by atoms with Crippen molar-refractivity contribution in [2.75, 3.05) is 0 Å². The average molecular weight is 249 g/mol. The Morgan fingerprint density at radius 3 is 2.50 bits per heavy atom. The van der Waals surface area contributed by atoms with Gasteiger partial charge in [-0.15, -0.1) is 11.6 Å². The highest BCUT2D eigenvalue weighted by Crippen LogP contribution is 2.27. The van der Waals surface area contributed by atoms with Crippen LogP contribution in [-0.2, 0) is 4.79 Å². The van der Waals surface area contributed by atoms with Gasteiger partial charge in [0.2, 0.25) is 0 Å². The van der Waals surface area contributed by atoms with E-state index < -0.39 is 12.0 Å². The maximum Gasteiger partial charge on any atom is 0.387 e. The average Bonchev–Trinajstić information content (AvgIpc) is 2.19. The van der Waals surface area contributed by atoms with Crippen molar-refractivity contribution in [3.05, 3.63) is 29.3 Å². The Kier molecular flexibility index (Phi) is 4.24. The van der Waals surface area contributed by atoms with E-state index in [4.69, 9.17) is 11.6 Å². The number of carbonyl (C=O) groups excluding carboxylic acids is 1. The number of aryl methyl sites for hydroxylation is 1. The molecule has 16 heavy (non-hydrogen) atoms. The number of alkyl halides is 3. The van der Waals surface area contributed by atoms with Crippen LogP contribution in [0.1, 0.15) is 23.4 Å². The molecule has 0 fully saturated rings. The van der Waals surface area contributed by atoms with Crippen LogP contribution in [0.3, 0.4) is 0 Å². The first kappa shape index (κ1) is 12.9. The number of hydrogen-bond donors (Lipinski definition) is 0. The number of benzene rings is 1. The van der Waals surface area contributed by atoms with Gasteiger partial charge in [-0.1, -0.05) is 12.1 Å². The van der Waals surface area contributed by atoms with E-state index in [0.29, 0.717) is 11.1 Å². The molecule has 0 aliphatic rings.